The molecule has 6 atom stereocenters. The summed E-state index contributed by atoms with van der Waals surface area (Å²) < 4.78 is 17.8. The van der Waals surface area contributed by atoms with Gasteiger partial charge in [0.15, 0.2) is 5.78 Å². The van der Waals surface area contributed by atoms with Crippen LogP contribution in [0, 0.1) is 10.8 Å². The number of ether oxygens (including phenoxy) is 3. The summed E-state index contributed by atoms with van der Waals surface area (Å²) in [6.07, 6.45) is 2.53. The zero-order valence-electron chi connectivity index (χ0n) is 13.5. The summed E-state index contributed by atoms with van der Waals surface area (Å²) >= 11 is 0. The Hall–Kier alpha value is -1.20. The molecule has 4 aliphatic rings. The van der Waals surface area contributed by atoms with Crippen molar-refractivity contribution in [2.24, 2.45) is 10.8 Å². The highest BCUT2D eigenvalue weighted by atomic mass is 16.6. The van der Waals surface area contributed by atoms with Gasteiger partial charge in [0.25, 0.3) is 0 Å². The number of hydrogen-bond acceptors (Lipinski definition) is 5. The molecule has 5 nitrogen and oxygen atoms in total. The molecule has 0 aromatic heterocycles. The number of carbonyl (C=O) groups excluding carboxylic acids is 2. The van der Waals surface area contributed by atoms with Crippen LogP contribution in [0.5, 0.6) is 0 Å². The maximum Gasteiger partial charge on any atom is 0.302 e. The molecule has 0 aromatic rings. The maximum absolute atomic E-state index is 12.4. The predicted molar refractivity (Wildman–Crippen MR) is 77.1 cm³/mol. The fourth-order valence-electron chi connectivity index (χ4n) is 5.10. The fraction of sp³-hybridized carbons (Fsp3) is 0.765. The van der Waals surface area contributed by atoms with Crippen molar-refractivity contribution in [3.8, 4) is 0 Å². The molecule has 1 saturated carbocycles. The second-order valence-corrected chi connectivity index (χ2v) is 7.63. The molecule has 6 unspecified atom stereocenters. The number of Topliss-reactive ketones (excluding diaryl/α,β-unsaturated/α-hetero) is 1. The molecule has 4 rings (SSSR count). The largest absolute Gasteiger partial charge is 0.462 e. The fourth-order valence-corrected chi connectivity index (χ4v) is 5.10. The first-order valence-corrected chi connectivity index (χ1v) is 7.93. The molecule has 22 heavy (non-hydrogen) atoms. The number of rotatable bonds is 1. The summed E-state index contributed by atoms with van der Waals surface area (Å²) in [5.41, 5.74) is -0.473. The molecule has 2 saturated heterocycles. The standard InChI is InChI=1S/C17H22O5/c1-9-5-12-15(3,7-11(9)19)16(4)13(21-10(2)18)6-14(22-12)17(16)8-20-17/h5,12-14H,6-8H2,1-4H3. The van der Waals surface area contributed by atoms with Crippen molar-refractivity contribution in [1.29, 1.82) is 0 Å². The van der Waals surface area contributed by atoms with Crippen LogP contribution in [0.25, 0.3) is 0 Å². The number of epoxide rings is 1. The quantitative estimate of drug-likeness (QED) is 0.546. The van der Waals surface area contributed by atoms with Gasteiger partial charge in [-0.25, -0.2) is 0 Å². The molecule has 120 valence electrons. The molecule has 0 radical (unpaired) electrons. The first kappa shape index (κ1) is 14.4. The van der Waals surface area contributed by atoms with Gasteiger partial charge in [-0.05, 0) is 18.6 Å². The highest BCUT2D eigenvalue weighted by Crippen LogP contribution is 2.71. The van der Waals surface area contributed by atoms with Crippen molar-refractivity contribution >= 4 is 11.8 Å². The summed E-state index contributed by atoms with van der Waals surface area (Å²) in [7, 11) is 0. The lowest BCUT2D eigenvalue weighted by atomic mass is 9.52. The predicted octanol–water partition coefficient (Wildman–Crippen LogP) is 1.79. The Morgan fingerprint density at radius 1 is 1.41 bits per heavy atom. The average molecular weight is 306 g/mol. The molecule has 5 heteroatoms. The van der Waals surface area contributed by atoms with Crippen molar-refractivity contribution in [2.45, 2.75) is 64.4 Å². The molecule has 0 amide bonds. The highest BCUT2D eigenvalue weighted by molar-refractivity contribution is 5.96. The summed E-state index contributed by atoms with van der Waals surface area (Å²) in [6.45, 7) is 8.09. The summed E-state index contributed by atoms with van der Waals surface area (Å²) in [5.74, 6) is -0.144. The van der Waals surface area contributed by atoms with Crippen molar-refractivity contribution in [3.05, 3.63) is 11.6 Å². The highest BCUT2D eigenvalue weighted by Gasteiger charge is 2.82. The zero-order chi connectivity index (χ0) is 15.9. The number of fused-ring (bicyclic) bond motifs is 2. The van der Waals surface area contributed by atoms with Crippen LogP contribution < -0.4 is 0 Å². The van der Waals surface area contributed by atoms with Crippen LogP contribution in [0.3, 0.4) is 0 Å². The Morgan fingerprint density at radius 2 is 2.09 bits per heavy atom. The lowest BCUT2D eigenvalue weighted by molar-refractivity contribution is -0.209. The van der Waals surface area contributed by atoms with Gasteiger partial charge in [-0.1, -0.05) is 13.8 Å². The second kappa shape index (κ2) is 4.01. The van der Waals surface area contributed by atoms with E-state index in [4.69, 9.17) is 14.2 Å². The Balaban J connectivity index is 1.84. The molecular formula is C17H22O5. The smallest absolute Gasteiger partial charge is 0.302 e. The topological polar surface area (TPSA) is 65.1 Å². The number of allylic oxidation sites excluding steroid dienone is 1. The summed E-state index contributed by atoms with van der Waals surface area (Å²) in [6, 6.07) is 0. The van der Waals surface area contributed by atoms with Crippen molar-refractivity contribution < 1.29 is 23.8 Å². The first-order valence-electron chi connectivity index (χ1n) is 7.93. The number of carbonyl (C=O) groups is 2. The van der Waals surface area contributed by atoms with Crippen LogP contribution in [-0.4, -0.2) is 42.3 Å². The minimum absolute atomic E-state index is 0.0721. The summed E-state index contributed by atoms with van der Waals surface area (Å²) in [5, 5.41) is 0. The van der Waals surface area contributed by atoms with Crippen LogP contribution in [0.2, 0.25) is 0 Å². The number of ketones is 1. The third-order valence-electron chi connectivity index (χ3n) is 6.73. The molecule has 2 bridgehead atoms. The van der Waals surface area contributed by atoms with Gasteiger partial charge in [0.2, 0.25) is 0 Å². The van der Waals surface area contributed by atoms with E-state index in [-0.39, 0.29) is 30.1 Å². The molecule has 2 aliphatic carbocycles. The van der Waals surface area contributed by atoms with Crippen LogP contribution in [-0.2, 0) is 23.8 Å². The van der Waals surface area contributed by atoms with Crippen LogP contribution in [0.15, 0.2) is 11.6 Å². The monoisotopic (exact) mass is 306 g/mol. The maximum atomic E-state index is 12.4. The van der Waals surface area contributed by atoms with Gasteiger partial charge in [-0.3, -0.25) is 9.59 Å². The normalized spacial score (nSPS) is 52.3. The van der Waals surface area contributed by atoms with Crippen LogP contribution in [0.1, 0.15) is 40.5 Å². The van der Waals surface area contributed by atoms with E-state index in [0.29, 0.717) is 19.4 Å². The van der Waals surface area contributed by atoms with Gasteiger partial charge >= 0.3 is 5.97 Å². The number of esters is 1. The van der Waals surface area contributed by atoms with Crippen LogP contribution in [0.4, 0.5) is 0 Å². The van der Waals surface area contributed by atoms with E-state index in [0.717, 1.165) is 5.57 Å². The minimum Gasteiger partial charge on any atom is -0.462 e. The first-order chi connectivity index (χ1) is 10.2. The van der Waals surface area contributed by atoms with E-state index in [1.54, 1.807) is 0 Å². The lowest BCUT2D eigenvalue weighted by Gasteiger charge is -2.56. The van der Waals surface area contributed by atoms with Gasteiger partial charge in [0.1, 0.15) is 11.7 Å². The van der Waals surface area contributed by atoms with E-state index >= 15 is 0 Å². The Morgan fingerprint density at radius 3 is 2.68 bits per heavy atom. The van der Waals surface area contributed by atoms with E-state index in [1.807, 2.05) is 13.0 Å². The Kier molecular flexibility index (Phi) is 2.62. The third-order valence-corrected chi connectivity index (χ3v) is 6.73. The molecule has 3 fully saturated rings. The summed E-state index contributed by atoms with van der Waals surface area (Å²) in [4.78, 5) is 23.9. The average Bonchev–Trinajstić information content (AvgIpc) is 3.18. The lowest BCUT2D eigenvalue weighted by Crippen LogP contribution is -2.64. The van der Waals surface area contributed by atoms with Gasteiger partial charge in [-0.15, -0.1) is 0 Å². The van der Waals surface area contributed by atoms with Gasteiger partial charge in [0.05, 0.1) is 18.8 Å². The number of hydrogen-bond donors (Lipinski definition) is 0. The van der Waals surface area contributed by atoms with Crippen molar-refractivity contribution in [3.63, 3.8) is 0 Å². The van der Waals surface area contributed by atoms with Gasteiger partial charge < -0.3 is 14.2 Å². The van der Waals surface area contributed by atoms with E-state index < -0.39 is 16.4 Å². The Bertz CT molecular complexity index is 604. The molecule has 2 heterocycles. The molecular weight excluding hydrogens is 284 g/mol. The molecule has 0 aromatic carbocycles. The van der Waals surface area contributed by atoms with E-state index in [9.17, 15) is 9.59 Å². The second-order valence-electron chi connectivity index (χ2n) is 7.63. The zero-order valence-corrected chi connectivity index (χ0v) is 13.5. The van der Waals surface area contributed by atoms with Crippen molar-refractivity contribution in [2.75, 3.05) is 6.61 Å². The van der Waals surface area contributed by atoms with Gasteiger partial charge in [0, 0.05) is 30.6 Å². The Labute approximate surface area is 130 Å². The third kappa shape index (κ3) is 1.42. The van der Waals surface area contributed by atoms with E-state index in [1.165, 1.54) is 6.92 Å². The minimum atomic E-state index is -0.423. The van der Waals surface area contributed by atoms with Gasteiger partial charge in [-0.2, -0.15) is 0 Å². The van der Waals surface area contributed by atoms with Crippen molar-refractivity contribution in [1.82, 2.24) is 0 Å². The van der Waals surface area contributed by atoms with E-state index in [2.05, 4.69) is 13.8 Å². The molecule has 0 N–H and O–H groups in total. The molecule has 1 spiro atoms. The SMILES string of the molecule is CC(=O)OC1CC2OC3C=C(C)C(=O)CC3(C)C1(C)C21CO1. The molecule has 2 aliphatic heterocycles. The van der Waals surface area contributed by atoms with Crippen LogP contribution >= 0.6 is 0 Å².